The Morgan fingerprint density at radius 1 is 1.04 bits per heavy atom. The molecule has 0 unspecified atom stereocenters. The highest BCUT2D eigenvalue weighted by atomic mass is 19.4. The first-order chi connectivity index (χ1) is 22.2. The molecule has 1 aliphatic carbocycles. The highest BCUT2D eigenvalue weighted by Gasteiger charge is 2.30. The van der Waals surface area contributed by atoms with Gasteiger partial charge in [0, 0.05) is 54.5 Å². The monoisotopic (exact) mass is 630 g/mol. The summed E-state index contributed by atoms with van der Waals surface area (Å²) in [5.74, 6) is 0.766. The molecule has 1 aliphatic rings. The molecule has 3 aromatic heterocycles. The lowest BCUT2D eigenvalue weighted by atomic mass is 9.95. The van der Waals surface area contributed by atoms with E-state index >= 15 is 0 Å². The van der Waals surface area contributed by atoms with Crippen molar-refractivity contribution in [3.8, 4) is 11.3 Å². The minimum atomic E-state index is -4.45. The third-order valence-corrected chi connectivity index (χ3v) is 8.14. The molecule has 0 amide bonds. The molecule has 46 heavy (non-hydrogen) atoms. The summed E-state index contributed by atoms with van der Waals surface area (Å²) in [5.41, 5.74) is 4.85. The summed E-state index contributed by atoms with van der Waals surface area (Å²) in [6.07, 6.45) is 10.9. The van der Waals surface area contributed by atoms with Crippen molar-refractivity contribution >= 4 is 34.3 Å². The first kappa shape index (κ1) is 32.7. The van der Waals surface area contributed by atoms with Gasteiger partial charge in [0.1, 0.15) is 17.3 Å². The van der Waals surface area contributed by atoms with Crippen molar-refractivity contribution in [1.82, 2.24) is 30.8 Å². The number of fused-ring (bicyclic) bond motifs is 1. The van der Waals surface area contributed by atoms with Gasteiger partial charge in [0.25, 0.3) is 0 Å². The Bertz CT molecular complexity index is 1670. The summed E-state index contributed by atoms with van der Waals surface area (Å²) in [4.78, 5) is 8.62. The molecular formula is C35H41F3N8. The molecule has 11 heteroatoms. The number of anilines is 2. The second-order valence-corrected chi connectivity index (χ2v) is 11.5. The molecule has 5 N–H and O–H groups in total. The molecular weight excluding hydrogens is 589 g/mol. The zero-order chi connectivity index (χ0) is 32.5. The van der Waals surface area contributed by atoms with Crippen LogP contribution in [0, 0.1) is 0 Å². The van der Waals surface area contributed by atoms with Gasteiger partial charge in [0.2, 0.25) is 0 Å². The molecule has 0 saturated heterocycles. The molecule has 0 aliphatic heterocycles. The largest absolute Gasteiger partial charge is 0.416 e. The molecule has 1 fully saturated rings. The minimum absolute atomic E-state index is 0.0661. The maximum Gasteiger partial charge on any atom is 0.416 e. The topological polar surface area (TPSA) is 103 Å². The average Bonchev–Trinajstić information content (AvgIpc) is 3.50. The standard InChI is InChI=1S/C35H41F3N8/c1-23(43-29-10-5-4-6-11-29)16-19-40-18-8-7-9-27-22-42-34(39-3)31-32(45-46-33(27)31)26-14-12-25(13-15-26)24(2)44-30-21-28(17-20-41-30)35(36,37)38/h7,9,12-15,17,20-22,29,40,43H,1-2,4-6,8,10-11,16,18-19H2,3H3,(H,39,42)(H,41,44)(H,45,46)/b9-7+. The van der Waals surface area contributed by atoms with Crippen LogP contribution in [0.15, 0.2) is 73.7 Å². The predicted molar refractivity (Wildman–Crippen MR) is 181 cm³/mol. The molecule has 0 atom stereocenters. The molecule has 1 saturated carbocycles. The quantitative estimate of drug-likeness (QED) is 0.0901. The van der Waals surface area contributed by atoms with E-state index in [9.17, 15) is 13.2 Å². The first-order valence-corrected chi connectivity index (χ1v) is 15.7. The van der Waals surface area contributed by atoms with Gasteiger partial charge in [-0.05, 0) is 49.9 Å². The van der Waals surface area contributed by atoms with Crippen molar-refractivity contribution in [1.29, 1.82) is 0 Å². The number of rotatable bonds is 14. The van der Waals surface area contributed by atoms with Crippen molar-refractivity contribution in [3.05, 3.63) is 90.4 Å². The lowest BCUT2D eigenvalue weighted by molar-refractivity contribution is -0.137. The fraction of sp³-hybridized carbons (Fsp3) is 0.343. The van der Waals surface area contributed by atoms with Gasteiger partial charge in [-0.3, -0.25) is 5.10 Å². The van der Waals surface area contributed by atoms with E-state index in [4.69, 9.17) is 0 Å². The highest BCUT2D eigenvalue weighted by molar-refractivity contribution is 6.03. The fourth-order valence-electron chi connectivity index (χ4n) is 5.67. The van der Waals surface area contributed by atoms with Crippen LogP contribution in [-0.4, -0.2) is 46.3 Å². The summed E-state index contributed by atoms with van der Waals surface area (Å²) < 4.78 is 39.3. The number of hydrogen-bond donors (Lipinski definition) is 5. The van der Waals surface area contributed by atoms with Crippen LogP contribution in [0.25, 0.3) is 33.9 Å². The third-order valence-electron chi connectivity index (χ3n) is 8.14. The van der Waals surface area contributed by atoms with E-state index in [0.717, 1.165) is 77.7 Å². The number of nitrogens with zero attached hydrogens (tertiary/aromatic N) is 3. The summed E-state index contributed by atoms with van der Waals surface area (Å²) in [5, 5.41) is 21.8. The summed E-state index contributed by atoms with van der Waals surface area (Å²) in [7, 11) is 1.82. The van der Waals surface area contributed by atoms with Gasteiger partial charge < -0.3 is 21.3 Å². The van der Waals surface area contributed by atoms with Crippen molar-refractivity contribution in [2.45, 2.75) is 57.2 Å². The van der Waals surface area contributed by atoms with Gasteiger partial charge >= 0.3 is 6.18 Å². The predicted octanol–water partition coefficient (Wildman–Crippen LogP) is 7.98. The second-order valence-electron chi connectivity index (χ2n) is 11.5. The molecule has 0 bridgehead atoms. The van der Waals surface area contributed by atoms with Crippen molar-refractivity contribution in [3.63, 3.8) is 0 Å². The number of benzene rings is 1. The Morgan fingerprint density at radius 3 is 2.57 bits per heavy atom. The number of aromatic amines is 1. The van der Waals surface area contributed by atoms with E-state index in [1.54, 1.807) is 0 Å². The van der Waals surface area contributed by atoms with E-state index in [2.05, 4.69) is 66.7 Å². The lowest BCUT2D eigenvalue weighted by Crippen LogP contribution is -2.31. The van der Waals surface area contributed by atoms with Crippen LogP contribution in [0.1, 0.15) is 61.6 Å². The van der Waals surface area contributed by atoms with Gasteiger partial charge in [-0.25, -0.2) is 9.97 Å². The molecule has 4 aromatic rings. The third kappa shape index (κ3) is 8.33. The van der Waals surface area contributed by atoms with Crippen LogP contribution in [0.5, 0.6) is 0 Å². The van der Waals surface area contributed by atoms with Crippen molar-refractivity contribution in [2.24, 2.45) is 0 Å². The van der Waals surface area contributed by atoms with E-state index < -0.39 is 11.7 Å². The fourth-order valence-corrected chi connectivity index (χ4v) is 5.67. The maximum absolute atomic E-state index is 13.1. The molecule has 0 spiro atoms. The molecule has 8 nitrogen and oxygen atoms in total. The second kappa shape index (κ2) is 15.1. The molecule has 1 aromatic carbocycles. The number of pyridine rings is 2. The molecule has 0 radical (unpaired) electrons. The zero-order valence-corrected chi connectivity index (χ0v) is 26.1. The molecule has 3 heterocycles. The van der Waals surface area contributed by atoms with E-state index in [0.29, 0.717) is 23.1 Å². The van der Waals surface area contributed by atoms with Gasteiger partial charge in [-0.15, -0.1) is 0 Å². The van der Waals surface area contributed by atoms with Gasteiger partial charge in [0.05, 0.1) is 16.5 Å². The maximum atomic E-state index is 13.1. The molecule has 5 rings (SSSR count). The Labute approximate surface area is 267 Å². The molecule has 242 valence electrons. The zero-order valence-electron chi connectivity index (χ0n) is 26.1. The van der Waals surface area contributed by atoms with Crippen molar-refractivity contribution < 1.29 is 13.2 Å². The average molecular weight is 631 g/mol. The number of alkyl halides is 3. The Hall–Kier alpha value is -4.64. The highest BCUT2D eigenvalue weighted by Crippen LogP contribution is 2.34. The smallest absolute Gasteiger partial charge is 0.386 e. The summed E-state index contributed by atoms with van der Waals surface area (Å²) >= 11 is 0. The number of hydrogen-bond acceptors (Lipinski definition) is 7. The van der Waals surface area contributed by atoms with Gasteiger partial charge in [-0.1, -0.05) is 68.8 Å². The van der Waals surface area contributed by atoms with Gasteiger partial charge in [0.15, 0.2) is 0 Å². The number of H-pyrrole nitrogens is 1. The van der Waals surface area contributed by atoms with Crippen LogP contribution in [0.3, 0.4) is 0 Å². The minimum Gasteiger partial charge on any atom is -0.386 e. The van der Waals surface area contributed by atoms with Crippen LogP contribution in [0.2, 0.25) is 0 Å². The summed E-state index contributed by atoms with van der Waals surface area (Å²) in [6.45, 7) is 9.94. The Balaban J connectivity index is 1.19. The van der Waals surface area contributed by atoms with E-state index in [1.807, 2.05) is 37.5 Å². The number of aromatic nitrogens is 4. The van der Waals surface area contributed by atoms with Crippen LogP contribution in [-0.2, 0) is 6.18 Å². The SMILES string of the molecule is C=C(CCNCC/C=C/c1cnc(NC)c2c(-c3ccc(C(=C)Nc4cc(C(F)(F)F)ccn4)cc3)n[nH]c12)NC1CCCCC1. The normalized spacial score (nSPS) is 14.1. The lowest BCUT2D eigenvalue weighted by Gasteiger charge is -2.25. The van der Waals surface area contributed by atoms with Crippen LogP contribution < -0.4 is 21.3 Å². The van der Waals surface area contributed by atoms with Crippen LogP contribution in [0.4, 0.5) is 24.8 Å². The first-order valence-electron chi connectivity index (χ1n) is 15.7. The van der Waals surface area contributed by atoms with Crippen LogP contribution >= 0.6 is 0 Å². The summed E-state index contributed by atoms with van der Waals surface area (Å²) in [6, 6.07) is 9.94. The number of halogens is 3. The van der Waals surface area contributed by atoms with E-state index in [1.165, 1.54) is 32.1 Å². The van der Waals surface area contributed by atoms with Gasteiger partial charge in [-0.2, -0.15) is 18.3 Å². The van der Waals surface area contributed by atoms with Crippen molar-refractivity contribution in [2.75, 3.05) is 30.8 Å². The Kier molecular flexibility index (Phi) is 10.7. The van der Waals surface area contributed by atoms with E-state index in [-0.39, 0.29) is 5.82 Å². The number of nitrogens with one attached hydrogen (secondary N) is 5. The Morgan fingerprint density at radius 2 is 1.83 bits per heavy atom.